The molecular weight excluding hydrogens is 288 g/mol. The van der Waals surface area contributed by atoms with E-state index in [1.54, 1.807) is 30.4 Å². The third kappa shape index (κ3) is 3.55. The lowest BCUT2D eigenvalue weighted by atomic mass is 10.0. The molecule has 2 amide bonds. The molecule has 3 rings (SSSR count). The number of carbonyl (C=O) groups is 2. The molecule has 0 radical (unpaired) electrons. The van der Waals surface area contributed by atoms with Crippen LogP contribution in [0.5, 0.6) is 0 Å². The van der Waals surface area contributed by atoms with Crippen LogP contribution in [0.25, 0.3) is 0 Å². The average molecular weight is 304 g/mol. The maximum Gasteiger partial charge on any atom is 0.252 e. The standard InChI is InChI=1S/C19H16N2O2/c22-18(20-14-8-3-1-4-9-14)16-12-7-13-17(16)19(23)21-15-10-5-2-6-11-15/h1-13,16H,(H,20,22)(H,21,23). The summed E-state index contributed by atoms with van der Waals surface area (Å²) in [4.78, 5) is 24.8. The number of rotatable bonds is 4. The van der Waals surface area contributed by atoms with E-state index in [1.807, 2.05) is 48.5 Å². The molecule has 0 bridgehead atoms. The van der Waals surface area contributed by atoms with Crippen LogP contribution in [0.4, 0.5) is 11.4 Å². The van der Waals surface area contributed by atoms with Gasteiger partial charge in [-0.25, -0.2) is 0 Å². The normalized spacial score (nSPS) is 15.8. The van der Waals surface area contributed by atoms with Crippen molar-refractivity contribution < 1.29 is 9.59 Å². The maximum atomic E-state index is 12.4. The van der Waals surface area contributed by atoms with Crippen LogP contribution in [0.1, 0.15) is 0 Å². The van der Waals surface area contributed by atoms with Crippen LogP contribution in [-0.4, -0.2) is 11.8 Å². The van der Waals surface area contributed by atoms with E-state index in [0.29, 0.717) is 16.9 Å². The molecule has 1 atom stereocenters. The first-order chi connectivity index (χ1) is 11.2. The van der Waals surface area contributed by atoms with Crippen molar-refractivity contribution in [2.75, 3.05) is 10.6 Å². The first-order valence-corrected chi connectivity index (χ1v) is 7.35. The van der Waals surface area contributed by atoms with E-state index in [-0.39, 0.29) is 11.8 Å². The zero-order chi connectivity index (χ0) is 16.1. The number of nitrogens with one attached hydrogen (secondary N) is 2. The third-order valence-corrected chi connectivity index (χ3v) is 3.53. The van der Waals surface area contributed by atoms with Gasteiger partial charge in [-0.15, -0.1) is 0 Å². The zero-order valence-corrected chi connectivity index (χ0v) is 12.4. The largest absolute Gasteiger partial charge is 0.325 e. The van der Waals surface area contributed by atoms with Crippen LogP contribution in [-0.2, 0) is 9.59 Å². The van der Waals surface area contributed by atoms with Crippen molar-refractivity contribution in [1.82, 2.24) is 0 Å². The van der Waals surface area contributed by atoms with E-state index in [1.165, 1.54) is 0 Å². The van der Waals surface area contributed by atoms with Gasteiger partial charge < -0.3 is 10.6 Å². The van der Waals surface area contributed by atoms with Crippen LogP contribution >= 0.6 is 0 Å². The summed E-state index contributed by atoms with van der Waals surface area (Å²) in [5, 5.41) is 5.63. The Kier molecular flexibility index (Phi) is 4.34. The predicted molar refractivity (Wildman–Crippen MR) is 90.9 cm³/mol. The Morgan fingerprint density at radius 3 is 1.96 bits per heavy atom. The third-order valence-electron chi connectivity index (χ3n) is 3.53. The molecule has 0 aromatic heterocycles. The lowest BCUT2D eigenvalue weighted by Crippen LogP contribution is -2.27. The monoisotopic (exact) mass is 304 g/mol. The molecule has 0 heterocycles. The van der Waals surface area contributed by atoms with Gasteiger partial charge in [0, 0.05) is 16.9 Å². The van der Waals surface area contributed by atoms with Gasteiger partial charge in [-0.2, -0.15) is 0 Å². The fourth-order valence-corrected chi connectivity index (χ4v) is 2.39. The van der Waals surface area contributed by atoms with Crippen molar-refractivity contribution in [3.05, 3.63) is 84.5 Å². The second-order valence-corrected chi connectivity index (χ2v) is 5.16. The highest BCUT2D eigenvalue weighted by atomic mass is 16.2. The van der Waals surface area contributed by atoms with Crippen molar-refractivity contribution in [3.8, 4) is 0 Å². The number of benzene rings is 2. The van der Waals surface area contributed by atoms with Crippen molar-refractivity contribution in [1.29, 1.82) is 0 Å². The minimum atomic E-state index is -0.584. The van der Waals surface area contributed by atoms with Crippen LogP contribution in [0.2, 0.25) is 0 Å². The van der Waals surface area contributed by atoms with Gasteiger partial charge in [0.2, 0.25) is 5.91 Å². The number of amides is 2. The smallest absolute Gasteiger partial charge is 0.252 e. The molecule has 0 spiro atoms. The van der Waals surface area contributed by atoms with Crippen molar-refractivity contribution in [2.24, 2.45) is 5.92 Å². The Labute approximate surface area is 134 Å². The summed E-state index contributed by atoms with van der Waals surface area (Å²) in [6, 6.07) is 18.4. The summed E-state index contributed by atoms with van der Waals surface area (Å²) in [5.74, 6) is -1.08. The molecule has 0 aliphatic heterocycles. The molecule has 0 saturated carbocycles. The minimum absolute atomic E-state index is 0.223. The molecule has 1 aliphatic carbocycles. The quantitative estimate of drug-likeness (QED) is 0.909. The molecule has 1 aliphatic rings. The summed E-state index contributed by atoms with van der Waals surface area (Å²) in [7, 11) is 0. The van der Waals surface area contributed by atoms with E-state index in [4.69, 9.17) is 0 Å². The van der Waals surface area contributed by atoms with Crippen molar-refractivity contribution >= 4 is 23.2 Å². The van der Waals surface area contributed by atoms with Crippen LogP contribution in [0, 0.1) is 5.92 Å². The van der Waals surface area contributed by atoms with Gasteiger partial charge in [-0.1, -0.05) is 54.6 Å². The zero-order valence-electron chi connectivity index (χ0n) is 12.4. The minimum Gasteiger partial charge on any atom is -0.325 e. The molecule has 23 heavy (non-hydrogen) atoms. The highest BCUT2D eigenvalue weighted by Crippen LogP contribution is 2.23. The van der Waals surface area contributed by atoms with Gasteiger partial charge in [0.25, 0.3) is 5.91 Å². The molecule has 1 unspecified atom stereocenters. The van der Waals surface area contributed by atoms with E-state index >= 15 is 0 Å². The lowest BCUT2D eigenvalue weighted by molar-refractivity contribution is -0.120. The van der Waals surface area contributed by atoms with Gasteiger partial charge in [-0.05, 0) is 24.3 Å². The first kappa shape index (κ1) is 14.8. The molecule has 4 nitrogen and oxygen atoms in total. The molecule has 2 N–H and O–H groups in total. The molecule has 2 aromatic rings. The Hall–Kier alpha value is -3.14. The number of carbonyl (C=O) groups excluding carboxylic acids is 2. The molecule has 4 heteroatoms. The predicted octanol–water partition coefficient (Wildman–Crippen LogP) is 3.38. The summed E-state index contributed by atoms with van der Waals surface area (Å²) in [6.07, 6.45) is 5.13. The molecule has 0 saturated heterocycles. The molecular formula is C19H16N2O2. The second kappa shape index (κ2) is 6.75. The average Bonchev–Trinajstić information content (AvgIpc) is 3.06. The van der Waals surface area contributed by atoms with E-state index < -0.39 is 5.92 Å². The molecule has 114 valence electrons. The second-order valence-electron chi connectivity index (χ2n) is 5.16. The first-order valence-electron chi connectivity index (χ1n) is 7.35. The Morgan fingerprint density at radius 1 is 0.783 bits per heavy atom. The van der Waals surface area contributed by atoms with Gasteiger partial charge in [0.15, 0.2) is 0 Å². The van der Waals surface area contributed by atoms with E-state index in [0.717, 1.165) is 0 Å². The Balaban J connectivity index is 1.68. The number of allylic oxidation sites excluding steroid dienone is 2. The fraction of sp³-hybridized carbons (Fsp3) is 0.0526. The number of anilines is 2. The van der Waals surface area contributed by atoms with E-state index in [2.05, 4.69) is 10.6 Å². The van der Waals surface area contributed by atoms with Crippen LogP contribution < -0.4 is 10.6 Å². The summed E-state index contributed by atoms with van der Waals surface area (Å²) in [5.41, 5.74) is 1.84. The Morgan fingerprint density at radius 2 is 1.35 bits per heavy atom. The fourth-order valence-electron chi connectivity index (χ4n) is 2.39. The van der Waals surface area contributed by atoms with E-state index in [9.17, 15) is 9.59 Å². The highest BCUT2D eigenvalue weighted by Gasteiger charge is 2.27. The molecule has 2 aromatic carbocycles. The SMILES string of the molecule is O=C(Nc1ccccc1)C1=CC=CC1C(=O)Nc1ccccc1. The van der Waals surface area contributed by atoms with Crippen LogP contribution in [0.15, 0.2) is 84.5 Å². The summed E-state index contributed by atoms with van der Waals surface area (Å²) in [6.45, 7) is 0. The number of hydrogen-bond acceptors (Lipinski definition) is 2. The lowest BCUT2D eigenvalue weighted by Gasteiger charge is -2.14. The maximum absolute atomic E-state index is 12.4. The van der Waals surface area contributed by atoms with Gasteiger partial charge in [0.05, 0.1) is 5.92 Å². The Bertz CT molecular complexity index is 764. The highest BCUT2D eigenvalue weighted by molar-refractivity contribution is 6.11. The van der Waals surface area contributed by atoms with Crippen molar-refractivity contribution in [2.45, 2.75) is 0 Å². The molecule has 0 fully saturated rings. The summed E-state index contributed by atoms with van der Waals surface area (Å²) >= 11 is 0. The number of hydrogen-bond donors (Lipinski definition) is 2. The van der Waals surface area contributed by atoms with Gasteiger partial charge >= 0.3 is 0 Å². The summed E-state index contributed by atoms with van der Waals surface area (Å²) < 4.78 is 0. The van der Waals surface area contributed by atoms with Crippen LogP contribution in [0.3, 0.4) is 0 Å². The van der Waals surface area contributed by atoms with Gasteiger partial charge in [0.1, 0.15) is 0 Å². The number of para-hydroxylation sites is 2. The van der Waals surface area contributed by atoms with Crippen molar-refractivity contribution in [3.63, 3.8) is 0 Å². The van der Waals surface area contributed by atoms with Gasteiger partial charge in [-0.3, -0.25) is 9.59 Å². The topological polar surface area (TPSA) is 58.2 Å².